The van der Waals surface area contributed by atoms with Crippen LogP contribution < -0.4 is 10.0 Å². The Hall–Kier alpha value is -2.94. The average molecular weight is 477 g/mol. The summed E-state index contributed by atoms with van der Waals surface area (Å²) in [5.41, 5.74) is 0.403. The summed E-state index contributed by atoms with van der Waals surface area (Å²) in [5.74, 6) is 1.71. The molecule has 1 aliphatic rings. The number of carbonyl (C=O) groups is 2. The molecule has 2 amide bonds. The fourth-order valence-corrected chi connectivity index (χ4v) is 4.92. The van der Waals surface area contributed by atoms with Crippen molar-refractivity contribution in [1.82, 2.24) is 14.6 Å². The van der Waals surface area contributed by atoms with Crippen LogP contribution in [0.1, 0.15) is 41.7 Å². The standard InChI is InChI=1S/C21H24N4O5S2/c1-5-10-22-32(28,29)15-8-6-7-14(12-15)18(26)24-19-23-16-9-11-25(13-17(16)31-19)20(27)30-21(2,3)4/h1,6-8,12,22H,9-11,13H2,2-4H3,(H,23,24,26). The SMILES string of the molecule is C#CCNS(=O)(=O)c1cccc(C(=O)Nc2nc3c(s2)CN(C(=O)OC(C)(C)C)CC3)c1. The minimum Gasteiger partial charge on any atom is -0.444 e. The maximum Gasteiger partial charge on any atom is 0.410 e. The molecule has 2 heterocycles. The maximum absolute atomic E-state index is 12.7. The van der Waals surface area contributed by atoms with E-state index in [9.17, 15) is 18.0 Å². The van der Waals surface area contributed by atoms with Crippen molar-refractivity contribution in [2.24, 2.45) is 0 Å². The third-order valence-corrected chi connectivity index (χ3v) is 6.77. The molecule has 3 rings (SSSR count). The van der Waals surface area contributed by atoms with E-state index in [-0.39, 0.29) is 17.0 Å². The fraction of sp³-hybridized carbons (Fsp3) is 0.381. The Labute approximate surface area is 191 Å². The summed E-state index contributed by atoms with van der Waals surface area (Å²) in [7, 11) is -3.82. The summed E-state index contributed by atoms with van der Waals surface area (Å²) in [5, 5.41) is 3.09. The van der Waals surface area contributed by atoms with E-state index in [1.165, 1.54) is 35.6 Å². The van der Waals surface area contributed by atoms with E-state index in [2.05, 4.69) is 20.9 Å². The first-order valence-electron chi connectivity index (χ1n) is 9.79. The van der Waals surface area contributed by atoms with E-state index in [0.717, 1.165) is 10.6 Å². The number of amides is 2. The lowest BCUT2D eigenvalue weighted by atomic mass is 10.2. The van der Waals surface area contributed by atoms with E-state index in [0.29, 0.717) is 24.6 Å². The van der Waals surface area contributed by atoms with Crippen molar-refractivity contribution in [3.05, 3.63) is 40.4 Å². The Morgan fingerprint density at radius 1 is 1.34 bits per heavy atom. The number of fused-ring (bicyclic) bond motifs is 1. The lowest BCUT2D eigenvalue weighted by Crippen LogP contribution is -2.39. The molecular weight excluding hydrogens is 452 g/mol. The van der Waals surface area contributed by atoms with Crippen LogP contribution in [0.5, 0.6) is 0 Å². The molecule has 2 aromatic rings. The Bertz CT molecular complexity index is 1180. The van der Waals surface area contributed by atoms with Gasteiger partial charge in [0.2, 0.25) is 10.0 Å². The van der Waals surface area contributed by atoms with Crippen LogP contribution in [0.2, 0.25) is 0 Å². The topological polar surface area (TPSA) is 118 Å². The van der Waals surface area contributed by atoms with Crippen LogP contribution >= 0.6 is 11.3 Å². The molecule has 1 aromatic heterocycles. The third-order valence-electron chi connectivity index (χ3n) is 4.37. The van der Waals surface area contributed by atoms with Crippen molar-refractivity contribution in [2.75, 3.05) is 18.4 Å². The van der Waals surface area contributed by atoms with Gasteiger partial charge in [-0.15, -0.1) is 6.42 Å². The fourth-order valence-electron chi connectivity index (χ4n) is 2.93. The second kappa shape index (κ2) is 9.28. The lowest BCUT2D eigenvalue weighted by molar-refractivity contribution is 0.0225. The van der Waals surface area contributed by atoms with Gasteiger partial charge in [-0.1, -0.05) is 23.3 Å². The number of carbonyl (C=O) groups excluding carboxylic acids is 2. The first-order valence-corrected chi connectivity index (χ1v) is 12.1. The summed E-state index contributed by atoms with van der Waals surface area (Å²) in [6.45, 7) is 6.11. The number of thiazole rings is 1. The quantitative estimate of drug-likeness (QED) is 0.641. The molecule has 0 radical (unpaired) electrons. The van der Waals surface area contributed by atoms with E-state index in [1.54, 1.807) is 4.90 Å². The first-order chi connectivity index (χ1) is 15.0. The molecule has 2 N–H and O–H groups in total. The van der Waals surface area contributed by atoms with Gasteiger partial charge >= 0.3 is 6.09 Å². The molecule has 1 aliphatic heterocycles. The Kier molecular flexibility index (Phi) is 6.88. The van der Waals surface area contributed by atoms with E-state index >= 15 is 0 Å². The molecule has 0 atom stereocenters. The van der Waals surface area contributed by atoms with Crippen LogP contribution in [0, 0.1) is 12.3 Å². The van der Waals surface area contributed by atoms with Gasteiger partial charge in [0.1, 0.15) is 5.60 Å². The van der Waals surface area contributed by atoms with E-state index in [1.807, 2.05) is 20.8 Å². The molecule has 0 spiro atoms. The predicted molar refractivity (Wildman–Crippen MR) is 121 cm³/mol. The van der Waals surface area contributed by atoms with Gasteiger partial charge in [-0.3, -0.25) is 10.1 Å². The van der Waals surface area contributed by atoms with Crippen molar-refractivity contribution in [3.63, 3.8) is 0 Å². The lowest BCUT2D eigenvalue weighted by Gasteiger charge is -2.29. The van der Waals surface area contributed by atoms with Crippen LogP contribution in [0.25, 0.3) is 0 Å². The number of nitrogens with zero attached hydrogens (tertiary/aromatic N) is 2. The number of rotatable bonds is 5. The van der Waals surface area contributed by atoms with Crippen molar-refractivity contribution >= 4 is 38.5 Å². The highest BCUT2D eigenvalue weighted by molar-refractivity contribution is 7.89. The third kappa shape index (κ3) is 5.85. The van der Waals surface area contributed by atoms with Gasteiger partial charge in [0.15, 0.2) is 5.13 Å². The Balaban J connectivity index is 1.70. The van der Waals surface area contributed by atoms with Crippen LogP contribution in [0.15, 0.2) is 29.2 Å². The van der Waals surface area contributed by atoms with Gasteiger partial charge in [0.25, 0.3) is 5.91 Å². The highest BCUT2D eigenvalue weighted by Gasteiger charge is 2.28. The molecule has 1 aromatic carbocycles. The predicted octanol–water partition coefficient (Wildman–Crippen LogP) is 2.60. The Morgan fingerprint density at radius 2 is 2.09 bits per heavy atom. The number of terminal acetylenes is 1. The smallest absolute Gasteiger partial charge is 0.410 e. The van der Waals surface area contributed by atoms with Crippen molar-refractivity contribution in [3.8, 4) is 12.3 Å². The molecular formula is C21H24N4O5S2. The summed E-state index contributed by atoms with van der Waals surface area (Å²) < 4.78 is 32.2. The van der Waals surface area contributed by atoms with Crippen molar-refractivity contribution in [1.29, 1.82) is 0 Å². The number of ether oxygens (including phenoxy) is 1. The average Bonchev–Trinajstić information content (AvgIpc) is 3.12. The van der Waals surface area contributed by atoms with Gasteiger partial charge < -0.3 is 9.64 Å². The number of hydrogen-bond acceptors (Lipinski definition) is 7. The molecule has 0 fully saturated rings. The second-order valence-electron chi connectivity index (χ2n) is 8.05. The summed E-state index contributed by atoms with van der Waals surface area (Å²) in [6.07, 6.45) is 5.26. The van der Waals surface area contributed by atoms with Crippen LogP contribution in [0.3, 0.4) is 0 Å². The molecule has 0 saturated heterocycles. The van der Waals surface area contributed by atoms with Gasteiger partial charge in [-0.2, -0.15) is 4.72 Å². The molecule has 170 valence electrons. The van der Waals surface area contributed by atoms with Crippen molar-refractivity contribution < 1.29 is 22.7 Å². The number of hydrogen-bond donors (Lipinski definition) is 2. The molecule has 11 heteroatoms. The van der Waals surface area contributed by atoms with Crippen LogP contribution in [0.4, 0.5) is 9.93 Å². The highest BCUT2D eigenvalue weighted by Crippen LogP contribution is 2.29. The zero-order valence-electron chi connectivity index (χ0n) is 18.0. The van der Waals surface area contributed by atoms with Crippen molar-refractivity contribution in [2.45, 2.75) is 44.2 Å². The number of anilines is 1. The van der Waals surface area contributed by atoms with Gasteiger partial charge in [0, 0.05) is 23.4 Å². The summed E-state index contributed by atoms with van der Waals surface area (Å²) in [6, 6.07) is 5.63. The second-order valence-corrected chi connectivity index (χ2v) is 10.9. The molecule has 0 saturated carbocycles. The highest BCUT2D eigenvalue weighted by atomic mass is 32.2. The number of aromatic nitrogens is 1. The number of sulfonamides is 1. The molecule has 0 aliphatic carbocycles. The zero-order chi connectivity index (χ0) is 23.5. The maximum atomic E-state index is 12.7. The minimum absolute atomic E-state index is 0.0631. The molecule has 0 bridgehead atoms. The number of benzene rings is 1. The molecule has 0 unspecified atom stereocenters. The number of nitrogens with one attached hydrogen (secondary N) is 2. The minimum atomic E-state index is -3.82. The van der Waals surface area contributed by atoms with E-state index < -0.39 is 27.6 Å². The monoisotopic (exact) mass is 476 g/mol. The zero-order valence-corrected chi connectivity index (χ0v) is 19.6. The molecule has 9 nitrogen and oxygen atoms in total. The van der Waals surface area contributed by atoms with Gasteiger partial charge in [-0.25, -0.2) is 18.2 Å². The first kappa shape index (κ1) is 23.7. The van der Waals surface area contributed by atoms with Crippen LogP contribution in [-0.4, -0.2) is 49.0 Å². The van der Waals surface area contributed by atoms with Crippen LogP contribution in [-0.2, 0) is 27.7 Å². The molecule has 32 heavy (non-hydrogen) atoms. The summed E-state index contributed by atoms with van der Waals surface area (Å²) >= 11 is 1.27. The van der Waals surface area contributed by atoms with E-state index in [4.69, 9.17) is 11.2 Å². The normalized spacial score (nSPS) is 13.8. The van der Waals surface area contributed by atoms with Gasteiger partial charge in [-0.05, 0) is 39.0 Å². The summed E-state index contributed by atoms with van der Waals surface area (Å²) in [4.78, 5) is 31.9. The largest absolute Gasteiger partial charge is 0.444 e. The van der Waals surface area contributed by atoms with Gasteiger partial charge in [0.05, 0.1) is 23.7 Å². The Morgan fingerprint density at radius 3 is 2.78 bits per heavy atom.